The molecule has 110 valence electrons. The highest BCUT2D eigenvalue weighted by atomic mass is 16.2. The van der Waals surface area contributed by atoms with E-state index in [0.29, 0.717) is 6.54 Å². The number of carbonyl (C=O) groups excluding carboxylic acids is 1. The lowest BCUT2D eigenvalue weighted by molar-refractivity contribution is -0.130. The molecule has 1 aliphatic rings. The Bertz CT molecular complexity index is 437. The zero-order valence-corrected chi connectivity index (χ0v) is 12.2. The van der Waals surface area contributed by atoms with E-state index in [1.54, 1.807) is 12.4 Å². The largest absolute Gasteiger partial charge is 0.353 e. The summed E-state index contributed by atoms with van der Waals surface area (Å²) in [7, 11) is 0. The summed E-state index contributed by atoms with van der Waals surface area (Å²) in [6.45, 7) is 5.66. The van der Waals surface area contributed by atoms with Gasteiger partial charge in [0.25, 0.3) is 0 Å². The second-order valence-electron chi connectivity index (χ2n) is 5.25. The lowest BCUT2D eigenvalue weighted by atomic mass is 9.94. The van der Waals surface area contributed by atoms with Gasteiger partial charge in [-0.05, 0) is 30.5 Å². The van der Waals surface area contributed by atoms with Gasteiger partial charge in [0.1, 0.15) is 0 Å². The van der Waals surface area contributed by atoms with Gasteiger partial charge >= 0.3 is 0 Å². The topological polar surface area (TPSA) is 71.2 Å². The number of aromatic nitrogens is 1. The van der Waals surface area contributed by atoms with E-state index in [2.05, 4.69) is 22.1 Å². The summed E-state index contributed by atoms with van der Waals surface area (Å²) < 4.78 is 0. The fourth-order valence-electron chi connectivity index (χ4n) is 2.95. The molecule has 5 heteroatoms. The van der Waals surface area contributed by atoms with Crippen LogP contribution in [0.3, 0.4) is 0 Å². The average molecular weight is 276 g/mol. The zero-order valence-electron chi connectivity index (χ0n) is 12.2. The molecule has 20 heavy (non-hydrogen) atoms. The molecule has 3 N–H and O–H groups in total. The number of piperazine rings is 1. The van der Waals surface area contributed by atoms with Crippen LogP contribution in [0, 0.1) is 0 Å². The van der Waals surface area contributed by atoms with E-state index in [0.717, 1.165) is 24.9 Å². The molecule has 0 aromatic carbocycles. The molecule has 1 aliphatic heterocycles. The van der Waals surface area contributed by atoms with E-state index in [9.17, 15) is 4.79 Å². The Morgan fingerprint density at radius 2 is 2.15 bits per heavy atom. The number of nitrogens with one attached hydrogen (secondary N) is 1. The predicted molar refractivity (Wildman–Crippen MR) is 79.0 cm³/mol. The number of nitrogens with zero attached hydrogens (tertiary/aromatic N) is 2. The smallest absolute Gasteiger partial charge is 0.237 e. The van der Waals surface area contributed by atoms with Crippen LogP contribution < -0.4 is 11.1 Å². The van der Waals surface area contributed by atoms with Crippen LogP contribution in [0.15, 0.2) is 24.5 Å². The maximum absolute atomic E-state index is 12.1. The number of rotatable bonds is 5. The first-order valence-corrected chi connectivity index (χ1v) is 7.38. The Morgan fingerprint density at radius 1 is 1.45 bits per heavy atom. The predicted octanol–water partition coefficient (Wildman–Crippen LogP) is 1.07. The number of carbonyl (C=O) groups is 1. The van der Waals surface area contributed by atoms with Crippen molar-refractivity contribution in [2.24, 2.45) is 5.73 Å². The highest BCUT2D eigenvalue weighted by molar-refractivity contribution is 5.82. The van der Waals surface area contributed by atoms with Crippen molar-refractivity contribution in [2.45, 2.75) is 44.8 Å². The summed E-state index contributed by atoms with van der Waals surface area (Å²) in [6.07, 6.45) is 5.25. The normalized spacial score (nSPS) is 23.1. The van der Waals surface area contributed by atoms with Gasteiger partial charge in [-0.1, -0.05) is 13.8 Å². The number of amides is 1. The van der Waals surface area contributed by atoms with Crippen LogP contribution in [0.1, 0.15) is 38.3 Å². The van der Waals surface area contributed by atoms with Crippen LogP contribution >= 0.6 is 0 Å². The lowest BCUT2D eigenvalue weighted by Crippen LogP contribution is -2.58. The first kappa shape index (κ1) is 14.9. The van der Waals surface area contributed by atoms with Gasteiger partial charge in [0.15, 0.2) is 0 Å². The maximum Gasteiger partial charge on any atom is 0.237 e. The fraction of sp³-hybridized carbons (Fsp3) is 0.600. The van der Waals surface area contributed by atoms with Gasteiger partial charge in [0, 0.05) is 31.5 Å². The molecule has 0 bridgehead atoms. The van der Waals surface area contributed by atoms with E-state index in [4.69, 9.17) is 5.73 Å². The van der Waals surface area contributed by atoms with Crippen LogP contribution in [-0.2, 0) is 4.79 Å². The van der Waals surface area contributed by atoms with Gasteiger partial charge in [0.2, 0.25) is 5.91 Å². The van der Waals surface area contributed by atoms with Crippen LogP contribution in [0.4, 0.5) is 0 Å². The van der Waals surface area contributed by atoms with E-state index >= 15 is 0 Å². The molecular formula is C15H24N4O. The number of hydrogen-bond donors (Lipinski definition) is 2. The summed E-state index contributed by atoms with van der Waals surface area (Å²) in [6, 6.07) is 3.98. The van der Waals surface area contributed by atoms with Crippen LogP contribution in [0.2, 0.25) is 0 Å². The SMILES string of the molecule is CCC(N)C(c1ccncc1)N1CCNC(=O)C1CC. The molecule has 3 unspecified atom stereocenters. The summed E-state index contributed by atoms with van der Waals surface area (Å²) in [5, 5.41) is 2.94. The molecule has 2 rings (SSSR count). The van der Waals surface area contributed by atoms with Crippen LogP contribution in [0.5, 0.6) is 0 Å². The van der Waals surface area contributed by atoms with Crippen molar-refractivity contribution in [3.8, 4) is 0 Å². The second kappa shape index (κ2) is 6.81. The molecule has 0 saturated carbocycles. The molecule has 1 saturated heterocycles. The Balaban J connectivity index is 2.33. The average Bonchev–Trinajstić information content (AvgIpc) is 2.48. The quantitative estimate of drug-likeness (QED) is 0.844. The van der Waals surface area contributed by atoms with Gasteiger partial charge < -0.3 is 11.1 Å². The van der Waals surface area contributed by atoms with Gasteiger partial charge in [-0.25, -0.2) is 0 Å². The highest BCUT2D eigenvalue weighted by Crippen LogP contribution is 2.28. The minimum Gasteiger partial charge on any atom is -0.353 e. The van der Waals surface area contributed by atoms with Gasteiger partial charge in [0.05, 0.1) is 12.1 Å². The van der Waals surface area contributed by atoms with Crippen molar-refractivity contribution in [1.29, 1.82) is 0 Å². The standard InChI is InChI=1S/C15H24N4O/c1-3-12(16)14(11-5-7-17-8-6-11)19-10-9-18-15(20)13(19)4-2/h5-8,12-14H,3-4,9-10,16H2,1-2H3,(H,18,20). The van der Waals surface area contributed by atoms with E-state index in [1.807, 2.05) is 19.1 Å². The number of hydrogen-bond acceptors (Lipinski definition) is 4. The third-order valence-corrected chi connectivity index (χ3v) is 4.04. The Kier molecular flexibility index (Phi) is 5.09. The molecule has 2 heterocycles. The van der Waals surface area contributed by atoms with Gasteiger partial charge in [-0.15, -0.1) is 0 Å². The molecule has 1 aromatic heterocycles. The molecule has 1 fully saturated rings. The maximum atomic E-state index is 12.1. The third kappa shape index (κ3) is 2.99. The Hall–Kier alpha value is -1.46. The summed E-state index contributed by atoms with van der Waals surface area (Å²) in [5.74, 6) is 0.112. The van der Waals surface area contributed by atoms with Crippen LogP contribution in [0.25, 0.3) is 0 Å². The third-order valence-electron chi connectivity index (χ3n) is 4.04. The first-order chi connectivity index (χ1) is 9.69. The molecule has 1 aromatic rings. The second-order valence-corrected chi connectivity index (χ2v) is 5.25. The van der Waals surface area contributed by atoms with E-state index < -0.39 is 0 Å². The molecule has 0 spiro atoms. The summed E-state index contributed by atoms with van der Waals surface area (Å²) in [5.41, 5.74) is 7.49. The summed E-state index contributed by atoms with van der Waals surface area (Å²) >= 11 is 0. The van der Waals surface area contributed by atoms with Gasteiger partial charge in [-0.3, -0.25) is 14.7 Å². The van der Waals surface area contributed by atoms with Crippen LogP contribution in [-0.4, -0.2) is 41.0 Å². The van der Waals surface area contributed by atoms with Crippen molar-refractivity contribution in [3.05, 3.63) is 30.1 Å². The molecule has 3 atom stereocenters. The van der Waals surface area contributed by atoms with Crippen molar-refractivity contribution >= 4 is 5.91 Å². The number of pyridine rings is 1. The minimum atomic E-state index is -0.0977. The molecule has 5 nitrogen and oxygen atoms in total. The van der Waals surface area contributed by atoms with Crippen molar-refractivity contribution in [3.63, 3.8) is 0 Å². The monoisotopic (exact) mass is 276 g/mol. The highest BCUT2D eigenvalue weighted by Gasteiger charge is 2.36. The lowest BCUT2D eigenvalue weighted by Gasteiger charge is -2.42. The van der Waals surface area contributed by atoms with E-state index in [-0.39, 0.29) is 24.0 Å². The summed E-state index contributed by atoms with van der Waals surface area (Å²) in [4.78, 5) is 18.4. The Labute approximate surface area is 120 Å². The Morgan fingerprint density at radius 3 is 2.75 bits per heavy atom. The fourth-order valence-corrected chi connectivity index (χ4v) is 2.95. The number of nitrogens with two attached hydrogens (primary N) is 1. The molecular weight excluding hydrogens is 252 g/mol. The zero-order chi connectivity index (χ0) is 14.5. The molecule has 1 amide bonds. The molecule has 0 radical (unpaired) electrons. The van der Waals surface area contributed by atoms with E-state index in [1.165, 1.54) is 0 Å². The van der Waals surface area contributed by atoms with Crippen molar-refractivity contribution < 1.29 is 4.79 Å². The van der Waals surface area contributed by atoms with Crippen molar-refractivity contribution in [2.75, 3.05) is 13.1 Å². The minimum absolute atomic E-state index is 0.0114. The van der Waals surface area contributed by atoms with Gasteiger partial charge in [-0.2, -0.15) is 0 Å². The van der Waals surface area contributed by atoms with Crippen molar-refractivity contribution in [1.82, 2.24) is 15.2 Å². The first-order valence-electron chi connectivity index (χ1n) is 7.38. The molecule has 0 aliphatic carbocycles.